The first-order valence-electron chi connectivity index (χ1n) is 16.6. The highest BCUT2D eigenvalue weighted by molar-refractivity contribution is 5.91. The van der Waals surface area contributed by atoms with Crippen molar-refractivity contribution in [2.75, 3.05) is 43.9 Å². The van der Waals surface area contributed by atoms with Gasteiger partial charge in [0.15, 0.2) is 5.82 Å². The van der Waals surface area contributed by atoms with Crippen molar-refractivity contribution < 1.29 is 43.1 Å². The standard InChI is InChI=1S/C17H24FN3O4.C17H24FN3O3/c1-25-14-6-3-5-13(18)16(14)19-17(23)21-10-8-12(9-11-21)4-2-7-15(22)20-24;1-12-5-6-14(18)15(11-12)19-17(23)21-9-7-13(8-10-21)3-2-4-16(22)20-24/h3,5-6,12,24H,2,4,7-11H2,1H3,(H,19,23)(H,20,22);5-6,11,13,24H,2-4,7-10H2,1H3,(H,19,23)(H,20,22). The number of nitrogens with zero attached hydrogens (tertiary/aromatic N) is 2. The van der Waals surface area contributed by atoms with Crippen LogP contribution in [0.25, 0.3) is 0 Å². The first-order valence-corrected chi connectivity index (χ1v) is 16.6. The molecule has 0 aliphatic carbocycles. The fourth-order valence-corrected chi connectivity index (χ4v) is 5.97. The van der Waals surface area contributed by atoms with Gasteiger partial charge in [-0.2, -0.15) is 0 Å². The number of para-hydroxylation sites is 1. The number of rotatable bonds is 11. The van der Waals surface area contributed by atoms with E-state index in [4.69, 9.17) is 15.2 Å². The normalized spacial score (nSPS) is 15.1. The van der Waals surface area contributed by atoms with Crippen LogP contribution in [0.1, 0.15) is 69.8 Å². The molecular formula is C34H48F2N6O7. The molecule has 0 saturated carbocycles. The van der Waals surface area contributed by atoms with Gasteiger partial charge in [0.1, 0.15) is 17.3 Å². The Morgan fingerprint density at radius 1 is 0.776 bits per heavy atom. The Labute approximate surface area is 285 Å². The van der Waals surface area contributed by atoms with E-state index in [-0.39, 0.29) is 41.0 Å². The molecule has 2 aliphatic rings. The molecule has 2 aromatic carbocycles. The number of methoxy groups -OCH3 is 1. The first-order chi connectivity index (χ1) is 23.5. The van der Waals surface area contributed by atoms with Crippen LogP contribution >= 0.6 is 0 Å². The summed E-state index contributed by atoms with van der Waals surface area (Å²) in [7, 11) is 1.42. The Kier molecular flexibility index (Phi) is 16.0. The fraction of sp³-hybridized carbons (Fsp3) is 0.529. The number of anilines is 2. The number of likely N-dealkylation sites (tertiary alicyclic amines) is 2. The van der Waals surface area contributed by atoms with Gasteiger partial charge in [-0.25, -0.2) is 29.3 Å². The summed E-state index contributed by atoms with van der Waals surface area (Å²) in [6, 6.07) is 8.38. The van der Waals surface area contributed by atoms with Crippen LogP contribution in [0.4, 0.5) is 29.7 Å². The Morgan fingerprint density at radius 2 is 1.29 bits per heavy atom. The monoisotopic (exact) mass is 690 g/mol. The lowest BCUT2D eigenvalue weighted by atomic mass is 9.91. The second kappa shape index (κ2) is 20.1. The minimum atomic E-state index is -0.537. The number of carbonyl (C=O) groups is 4. The summed E-state index contributed by atoms with van der Waals surface area (Å²) in [6.45, 7) is 4.25. The van der Waals surface area contributed by atoms with Crippen LogP contribution in [0.5, 0.6) is 5.75 Å². The molecule has 6 amide bonds. The minimum absolute atomic E-state index is 0.0483. The van der Waals surface area contributed by atoms with Crippen LogP contribution in [0.3, 0.4) is 0 Å². The van der Waals surface area contributed by atoms with Gasteiger partial charge >= 0.3 is 12.1 Å². The number of nitrogens with one attached hydrogen (secondary N) is 4. The molecule has 6 N–H and O–H groups in total. The SMILES string of the molecule is COc1cccc(F)c1NC(=O)N1CCC(CCCC(=O)NO)CC1.Cc1ccc(F)c(NC(=O)N2CCC(CCCC(=O)NO)CC2)c1. The maximum Gasteiger partial charge on any atom is 0.322 e. The van der Waals surface area contributed by atoms with Crippen molar-refractivity contribution in [2.45, 2.75) is 71.1 Å². The van der Waals surface area contributed by atoms with Crippen LogP contribution in [0.2, 0.25) is 0 Å². The number of piperidine rings is 2. The number of benzene rings is 2. The highest BCUT2D eigenvalue weighted by Gasteiger charge is 2.25. The summed E-state index contributed by atoms with van der Waals surface area (Å²) in [5, 5.41) is 22.1. The third-order valence-electron chi connectivity index (χ3n) is 8.88. The van der Waals surface area contributed by atoms with E-state index in [9.17, 15) is 28.0 Å². The zero-order valence-corrected chi connectivity index (χ0v) is 28.1. The lowest BCUT2D eigenvalue weighted by Crippen LogP contribution is -2.41. The summed E-state index contributed by atoms with van der Waals surface area (Å²) >= 11 is 0. The van der Waals surface area contributed by atoms with E-state index in [1.807, 2.05) is 6.92 Å². The second-order valence-electron chi connectivity index (χ2n) is 12.4. The van der Waals surface area contributed by atoms with E-state index in [0.29, 0.717) is 57.3 Å². The molecule has 0 unspecified atom stereocenters. The zero-order valence-electron chi connectivity index (χ0n) is 28.1. The average Bonchev–Trinajstić information content (AvgIpc) is 3.11. The van der Waals surface area contributed by atoms with Gasteiger partial charge < -0.3 is 25.2 Å². The molecule has 0 bridgehead atoms. The average molecular weight is 691 g/mol. The van der Waals surface area contributed by atoms with Crippen LogP contribution < -0.4 is 26.3 Å². The molecule has 15 heteroatoms. The van der Waals surface area contributed by atoms with Crippen LogP contribution in [-0.4, -0.2) is 77.4 Å². The number of hydrogen-bond donors (Lipinski definition) is 6. The molecule has 2 heterocycles. The molecule has 2 fully saturated rings. The Balaban J connectivity index is 0.000000266. The van der Waals surface area contributed by atoms with Crippen molar-refractivity contribution in [2.24, 2.45) is 11.8 Å². The lowest BCUT2D eigenvalue weighted by Gasteiger charge is -2.32. The first kappa shape index (κ1) is 38.9. The molecule has 49 heavy (non-hydrogen) atoms. The maximum atomic E-state index is 13.9. The van der Waals surface area contributed by atoms with Crippen molar-refractivity contribution in [3.63, 3.8) is 0 Å². The van der Waals surface area contributed by atoms with E-state index in [1.165, 1.54) is 25.3 Å². The largest absolute Gasteiger partial charge is 0.494 e. The Hall–Kier alpha value is -4.50. The molecule has 4 rings (SSSR count). The summed E-state index contributed by atoms with van der Waals surface area (Å²) < 4.78 is 32.7. The number of ether oxygens (including phenoxy) is 1. The van der Waals surface area contributed by atoms with E-state index < -0.39 is 11.6 Å². The van der Waals surface area contributed by atoms with Crippen molar-refractivity contribution in [1.82, 2.24) is 20.8 Å². The van der Waals surface area contributed by atoms with Gasteiger partial charge in [0.05, 0.1) is 12.8 Å². The molecule has 2 aromatic rings. The van der Waals surface area contributed by atoms with Crippen molar-refractivity contribution in [1.29, 1.82) is 0 Å². The van der Waals surface area contributed by atoms with Gasteiger partial charge in [-0.3, -0.25) is 20.0 Å². The smallest absolute Gasteiger partial charge is 0.322 e. The molecule has 2 aliphatic heterocycles. The van der Waals surface area contributed by atoms with Gasteiger partial charge in [0.2, 0.25) is 11.8 Å². The lowest BCUT2D eigenvalue weighted by molar-refractivity contribution is -0.130. The predicted octanol–water partition coefficient (Wildman–Crippen LogP) is 5.81. The van der Waals surface area contributed by atoms with Gasteiger partial charge in [0, 0.05) is 39.0 Å². The fourth-order valence-electron chi connectivity index (χ4n) is 5.97. The number of carbonyl (C=O) groups excluding carboxylic acids is 4. The van der Waals surface area contributed by atoms with E-state index in [2.05, 4.69) is 10.6 Å². The van der Waals surface area contributed by atoms with Crippen LogP contribution in [0, 0.1) is 30.4 Å². The molecule has 2 saturated heterocycles. The summed E-state index contributed by atoms with van der Waals surface area (Å²) in [4.78, 5) is 49.9. The quantitative estimate of drug-likeness (QED) is 0.128. The third-order valence-corrected chi connectivity index (χ3v) is 8.88. The maximum absolute atomic E-state index is 13.9. The Morgan fingerprint density at radius 3 is 1.78 bits per heavy atom. The molecule has 0 spiro atoms. The van der Waals surface area contributed by atoms with E-state index >= 15 is 0 Å². The van der Waals surface area contributed by atoms with Gasteiger partial charge in [0.25, 0.3) is 0 Å². The third kappa shape index (κ3) is 12.8. The van der Waals surface area contributed by atoms with Gasteiger partial charge in [-0.05, 0) is 100.0 Å². The second-order valence-corrected chi connectivity index (χ2v) is 12.4. The summed E-state index contributed by atoms with van der Waals surface area (Å²) in [5.74, 6) is -0.529. The highest BCUT2D eigenvalue weighted by atomic mass is 19.1. The van der Waals surface area contributed by atoms with Crippen LogP contribution in [0.15, 0.2) is 36.4 Å². The van der Waals surface area contributed by atoms with Gasteiger partial charge in [-0.15, -0.1) is 0 Å². The molecule has 0 radical (unpaired) electrons. The van der Waals surface area contributed by atoms with Gasteiger partial charge in [-0.1, -0.05) is 12.1 Å². The number of amides is 6. The number of hydrogen-bond acceptors (Lipinski definition) is 7. The van der Waals surface area contributed by atoms with Crippen LogP contribution in [-0.2, 0) is 9.59 Å². The number of urea groups is 2. The number of hydroxylamine groups is 2. The molecule has 270 valence electrons. The molecular weight excluding hydrogens is 642 g/mol. The number of halogens is 2. The van der Waals surface area contributed by atoms with Crippen molar-refractivity contribution in [3.8, 4) is 5.75 Å². The zero-order chi connectivity index (χ0) is 35.8. The minimum Gasteiger partial charge on any atom is -0.494 e. The molecule has 0 atom stereocenters. The van der Waals surface area contributed by atoms with E-state index in [1.54, 1.807) is 39.0 Å². The summed E-state index contributed by atoms with van der Waals surface area (Å²) in [6.07, 6.45) is 7.21. The predicted molar refractivity (Wildman–Crippen MR) is 178 cm³/mol. The summed E-state index contributed by atoms with van der Waals surface area (Å²) in [5.41, 5.74) is 4.39. The van der Waals surface area contributed by atoms with E-state index in [0.717, 1.165) is 50.5 Å². The molecule has 0 aromatic heterocycles. The Bertz CT molecular complexity index is 1400. The number of aryl methyl sites for hydroxylation is 1. The highest BCUT2D eigenvalue weighted by Crippen LogP contribution is 2.29. The topological polar surface area (TPSA) is 173 Å². The van der Waals surface area contributed by atoms with Crippen molar-refractivity contribution >= 4 is 35.3 Å². The molecule has 13 nitrogen and oxygen atoms in total. The van der Waals surface area contributed by atoms with Crippen molar-refractivity contribution in [3.05, 3.63) is 53.6 Å².